The molecule has 0 aliphatic heterocycles. The summed E-state index contributed by atoms with van der Waals surface area (Å²) in [6.45, 7) is 6.26. The van der Waals surface area contributed by atoms with Crippen LogP contribution in [0, 0.1) is 0 Å². The molecule has 1 heterocycles. The number of nitrogens with zero attached hydrogens (tertiary/aromatic N) is 1. The van der Waals surface area contributed by atoms with Crippen molar-refractivity contribution in [2.75, 3.05) is 0 Å². The lowest BCUT2D eigenvalue weighted by molar-refractivity contribution is -0.146. The minimum absolute atomic E-state index is 0.236. The Bertz CT molecular complexity index is 561. The predicted molar refractivity (Wildman–Crippen MR) is 77.3 cm³/mol. The molecule has 20 heavy (non-hydrogen) atoms. The Hall–Kier alpha value is -2.10. The second kappa shape index (κ2) is 6.37. The highest BCUT2D eigenvalue weighted by molar-refractivity contribution is 5.77. The van der Waals surface area contributed by atoms with Crippen LogP contribution in [0.1, 0.15) is 49.6 Å². The van der Waals surface area contributed by atoms with Crippen molar-refractivity contribution in [2.24, 2.45) is 0 Å². The zero-order chi connectivity index (χ0) is 14.5. The summed E-state index contributed by atoms with van der Waals surface area (Å²) < 4.78 is 5.36. The number of nitrogens with one attached hydrogen (secondary N) is 1. The number of carbonyl (C=O) groups is 1. The standard InChI is InChI=1S/C16H20N2O2/c1-11(2)14-15(18-10-17-14)12(3)16(19)20-9-13-7-5-4-6-8-13/h4-8,10-12H,9H2,1-3H3,(H,17,18). The molecule has 0 bridgehead atoms. The van der Waals surface area contributed by atoms with Gasteiger partial charge in [0.1, 0.15) is 6.61 Å². The molecule has 0 aliphatic rings. The third-order valence-electron chi connectivity index (χ3n) is 3.26. The smallest absolute Gasteiger partial charge is 0.315 e. The molecule has 1 N–H and O–H groups in total. The number of imidazole rings is 1. The monoisotopic (exact) mass is 272 g/mol. The van der Waals surface area contributed by atoms with E-state index in [0.717, 1.165) is 17.0 Å². The van der Waals surface area contributed by atoms with Gasteiger partial charge in [0, 0.05) is 0 Å². The van der Waals surface area contributed by atoms with Crippen molar-refractivity contribution in [3.05, 3.63) is 53.6 Å². The first-order chi connectivity index (χ1) is 9.59. The highest BCUT2D eigenvalue weighted by atomic mass is 16.5. The first-order valence-electron chi connectivity index (χ1n) is 6.83. The van der Waals surface area contributed by atoms with Crippen molar-refractivity contribution in [3.63, 3.8) is 0 Å². The Morgan fingerprint density at radius 3 is 2.60 bits per heavy atom. The average molecular weight is 272 g/mol. The molecule has 0 amide bonds. The molecule has 1 unspecified atom stereocenters. The molecule has 106 valence electrons. The molecule has 0 aliphatic carbocycles. The van der Waals surface area contributed by atoms with Gasteiger partial charge in [0.2, 0.25) is 0 Å². The number of hydrogen-bond donors (Lipinski definition) is 1. The van der Waals surface area contributed by atoms with Crippen LogP contribution in [0.2, 0.25) is 0 Å². The summed E-state index contributed by atoms with van der Waals surface area (Å²) >= 11 is 0. The van der Waals surface area contributed by atoms with Crippen LogP contribution in [-0.4, -0.2) is 15.9 Å². The van der Waals surface area contributed by atoms with Crippen LogP contribution >= 0.6 is 0 Å². The molecule has 0 radical (unpaired) electrons. The van der Waals surface area contributed by atoms with Gasteiger partial charge in [-0.05, 0) is 18.4 Å². The summed E-state index contributed by atoms with van der Waals surface area (Å²) in [6, 6.07) is 9.67. The Kier molecular flexibility index (Phi) is 4.56. The maximum absolute atomic E-state index is 12.1. The van der Waals surface area contributed by atoms with Crippen molar-refractivity contribution in [1.29, 1.82) is 0 Å². The molecule has 1 aromatic heterocycles. The van der Waals surface area contributed by atoms with Crippen molar-refractivity contribution < 1.29 is 9.53 Å². The summed E-state index contributed by atoms with van der Waals surface area (Å²) in [6.07, 6.45) is 1.63. The van der Waals surface area contributed by atoms with Crippen LogP contribution in [0.25, 0.3) is 0 Å². The van der Waals surface area contributed by atoms with Gasteiger partial charge in [-0.2, -0.15) is 0 Å². The van der Waals surface area contributed by atoms with E-state index in [1.165, 1.54) is 0 Å². The molecule has 2 aromatic rings. The topological polar surface area (TPSA) is 55.0 Å². The quantitative estimate of drug-likeness (QED) is 0.849. The number of benzene rings is 1. The van der Waals surface area contributed by atoms with Gasteiger partial charge in [-0.3, -0.25) is 4.79 Å². The summed E-state index contributed by atoms with van der Waals surface area (Å²) in [5.41, 5.74) is 2.76. The predicted octanol–water partition coefficient (Wildman–Crippen LogP) is 3.38. The molecule has 1 aromatic carbocycles. The second-order valence-electron chi connectivity index (χ2n) is 5.17. The highest BCUT2D eigenvalue weighted by Gasteiger charge is 2.23. The molecule has 2 rings (SSSR count). The molecule has 0 saturated carbocycles. The Morgan fingerprint density at radius 2 is 1.95 bits per heavy atom. The molecular weight excluding hydrogens is 252 g/mol. The number of ether oxygens (including phenoxy) is 1. The van der Waals surface area contributed by atoms with E-state index in [9.17, 15) is 4.79 Å². The maximum atomic E-state index is 12.1. The van der Waals surface area contributed by atoms with Crippen LogP contribution < -0.4 is 0 Å². The van der Waals surface area contributed by atoms with E-state index < -0.39 is 0 Å². The summed E-state index contributed by atoms with van der Waals surface area (Å²) in [5, 5.41) is 0. The van der Waals surface area contributed by atoms with E-state index in [0.29, 0.717) is 6.61 Å². The molecule has 0 spiro atoms. The van der Waals surface area contributed by atoms with Crippen molar-refractivity contribution in [3.8, 4) is 0 Å². The summed E-state index contributed by atoms with van der Waals surface area (Å²) in [5.74, 6) is -0.292. The SMILES string of the molecule is CC(C)c1nc[nH]c1C(C)C(=O)OCc1ccccc1. The van der Waals surface area contributed by atoms with Crippen molar-refractivity contribution in [2.45, 2.75) is 39.2 Å². The molecule has 4 nitrogen and oxygen atoms in total. The number of hydrogen-bond acceptors (Lipinski definition) is 3. The fourth-order valence-electron chi connectivity index (χ4n) is 2.09. The number of rotatable bonds is 5. The van der Waals surface area contributed by atoms with Gasteiger partial charge in [0.25, 0.3) is 0 Å². The lowest BCUT2D eigenvalue weighted by Crippen LogP contribution is -2.15. The van der Waals surface area contributed by atoms with E-state index in [-0.39, 0.29) is 17.8 Å². The van der Waals surface area contributed by atoms with Gasteiger partial charge in [-0.15, -0.1) is 0 Å². The lowest BCUT2D eigenvalue weighted by atomic mass is 10.0. The first-order valence-corrected chi connectivity index (χ1v) is 6.83. The number of H-pyrrole nitrogens is 1. The van der Waals surface area contributed by atoms with Crippen molar-refractivity contribution in [1.82, 2.24) is 9.97 Å². The van der Waals surface area contributed by atoms with Crippen LogP contribution in [0.4, 0.5) is 0 Å². The van der Waals surface area contributed by atoms with Crippen molar-refractivity contribution >= 4 is 5.97 Å². The van der Waals surface area contributed by atoms with Gasteiger partial charge in [-0.25, -0.2) is 4.98 Å². The summed E-state index contributed by atoms with van der Waals surface area (Å²) in [4.78, 5) is 19.4. The van der Waals surface area contributed by atoms with E-state index >= 15 is 0 Å². The van der Waals surface area contributed by atoms with Gasteiger partial charge in [0.05, 0.1) is 23.6 Å². The largest absolute Gasteiger partial charge is 0.460 e. The number of aromatic amines is 1. The maximum Gasteiger partial charge on any atom is 0.315 e. The van der Waals surface area contributed by atoms with Gasteiger partial charge in [0.15, 0.2) is 0 Å². The van der Waals surface area contributed by atoms with Crippen LogP contribution in [0.15, 0.2) is 36.7 Å². The zero-order valence-electron chi connectivity index (χ0n) is 12.1. The normalized spacial score (nSPS) is 12.4. The van der Waals surface area contributed by atoms with E-state index in [1.807, 2.05) is 37.3 Å². The van der Waals surface area contributed by atoms with E-state index in [1.54, 1.807) is 6.33 Å². The van der Waals surface area contributed by atoms with E-state index in [4.69, 9.17) is 4.74 Å². The van der Waals surface area contributed by atoms with E-state index in [2.05, 4.69) is 23.8 Å². The Labute approximate surface area is 119 Å². The molecule has 1 atom stereocenters. The number of aromatic nitrogens is 2. The van der Waals surface area contributed by atoms with Crippen LogP contribution in [-0.2, 0) is 16.1 Å². The minimum Gasteiger partial charge on any atom is -0.460 e. The number of esters is 1. The Morgan fingerprint density at radius 1 is 1.25 bits per heavy atom. The second-order valence-corrected chi connectivity index (χ2v) is 5.17. The van der Waals surface area contributed by atoms with Crippen LogP contribution in [0.5, 0.6) is 0 Å². The minimum atomic E-state index is -0.335. The molecule has 4 heteroatoms. The molecular formula is C16H20N2O2. The molecule has 0 fully saturated rings. The average Bonchev–Trinajstić information content (AvgIpc) is 2.94. The zero-order valence-corrected chi connectivity index (χ0v) is 12.1. The van der Waals surface area contributed by atoms with Gasteiger partial charge >= 0.3 is 5.97 Å². The summed E-state index contributed by atoms with van der Waals surface area (Å²) in [7, 11) is 0. The lowest BCUT2D eigenvalue weighted by Gasteiger charge is -2.13. The Balaban J connectivity index is 2.00. The van der Waals surface area contributed by atoms with Crippen LogP contribution in [0.3, 0.4) is 0 Å². The first kappa shape index (κ1) is 14.3. The fourth-order valence-corrected chi connectivity index (χ4v) is 2.09. The molecule has 0 saturated heterocycles. The third-order valence-corrected chi connectivity index (χ3v) is 3.26. The fraction of sp³-hybridized carbons (Fsp3) is 0.375. The number of carbonyl (C=O) groups excluding carboxylic acids is 1. The third kappa shape index (κ3) is 3.26. The van der Waals surface area contributed by atoms with Gasteiger partial charge < -0.3 is 9.72 Å². The highest BCUT2D eigenvalue weighted by Crippen LogP contribution is 2.24. The van der Waals surface area contributed by atoms with Gasteiger partial charge in [-0.1, -0.05) is 44.2 Å².